The van der Waals surface area contributed by atoms with Gasteiger partial charge in [0.2, 0.25) is 15.9 Å². The summed E-state index contributed by atoms with van der Waals surface area (Å²) >= 11 is 0. The van der Waals surface area contributed by atoms with Gasteiger partial charge in [-0.15, -0.1) is 0 Å². The van der Waals surface area contributed by atoms with Gasteiger partial charge in [-0.05, 0) is 31.5 Å². The molecule has 0 unspecified atom stereocenters. The number of sulfonamides is 1. The molecule has 23 heavy (non-hydrogen) atoms. The van der Waals surface area contributed by atoms with Crippen molar-refractivity contribution in [3.05, 3.63) is 42.0 Å². The lowest BCUT2D eigenvalue weighted by atomic mass is 10.2. The van der Waals surface area contributed by atoms with Gasteiger partial charge in [-0.3, -0.25) is 4.79 Å². The Hall–Kier alpha value is -2.15. The third kappa shape index (κ3) is 5.52. The number of nitrogens with zero attached hydrogens (tertiary/aromatic N) is 1. The third-order valence-corrected chi connectivity index (χ3v) is 3.92. The summed E-state index contributed by atoms with van der Waals surface area (Å²) in [4.78, 5) is 24.0. The SMILES string of the molecule is CC/C=C/CC(=O)N(c1cccc(C(=O)OCC)c1)S(C)(=O)=O. The van der Waals surface area contributed by atoms with E-state index in [2.05, 4.69) is 0 Å². The Morgan fingerprint density at radius 2 is 1.91 bits per heavy atom. The van der Waals surface area contributed by atoms with Crippen LogP contribution < -0.4 is 4.31 Å². The minimum Gasteiger partial charge on any atom is -0.462 e. The van der Waals surface area contributed by atoms with Crippen LogP contribution in [-0.4, -0.2) is 33.2 Å². The summed E-state index contributed by atoms with van der Waals surface area (Å²) in [5.41, 5.74) is 0.308. The van der Waals surface area contributed by atoms with Crippen LogP contribution in [0.1, 0.15) is 37.0 Å². The molecule has 126 valence electrons. The van der Waals surface area contributed by atoms with Crippen LogP contribution in [0.5, 0.6) is 0 Å². The molecule has 1 aromatic rings. The van der Waals surface area contributed by atoms with E-state index in [9.17, 15) is 18.0 Å². The van der Waals surface area contributed by atoms with Crippen molar-refractivity contribution in [3.63, 3.8) is 0 Å². The largest absolute Gasteiger partial charge is 0.462 e. The van der Waals surface area contributed by atoms with E-state index in [0.717, 1.165) is 12.7 Å². The Kier molecular flexibility index (Phi) is 6.96. The normalized spacial score (nSPS) is 11.4. The first-order chi connectivity index (χ1) is 10.8. The zero-order chi connectivity index (χ0) is 17.5. The van der Waals surface area contributed by atoms with E-state index in [1.807, 2.05) is 6.92 Å². The maximum atomic E-state index is 12.3. The highest BCUT2D eigenvalue weighted by Crippen LogP contribution is 2.21. The van der Waals surface area contributed by atoms with Gasteiger partial charge in [-0.25, -0.2) is 17.5 Å². The molecule has 0 aliphatic rings. The second-order valence-corrected chi connectivity index (χ2v) is 6.61. The van der Waals surface area contributed by atoms with Gasteiger partial charge < -0.3 is 4.74 Å². The first-order valence-corrected chi connectivity index (χ1v) is 9.11. The van der Waals surface area contributed by atoms with Gasteiger partial charge >= 0.3 is 5.97 Å². The monoisotopic (exact) mass is 339 g/mol. The predicted octanol–water partition coefficient (Wildman–Crippen LogP) is 2.51. The van der Waals surface area contributed by atoms with Crippen molar-refractivity contribution >= 4 is 27.6 Å². The number of allylic oxidation sites excluding steroid dienone is 1. The number of hydrogen-bond donors (Lipinski definition) is 0. The highest BCUT2D eigenvalue weighted by molar-refractivity contribution is 7.92. The summed E-state index contributed by atoms with van der Waals surface area (Å²) in [6.07, 6.45) is 5.07. The molecule has 7 heteroatoms. The Labute approximate surface area is 136 Å². The van der Waals surface area contributed by atoms with Gasteiger partial charge in [0.25, 0.3) is 0 Å². The molecular formula is C16H21NO5S. The fourth-order valence-electron chi connectivity index (χ4n) is 1.93. The number of carbonyl (C=O) groups is 2. The van der Waals surface area contributed by atoms with Crippen molar-refractivity contribution in [1.82, 2.24) is 0 Å². The van der Waals surface area contributed by atoms with Gasteiger partial charge in [0, 0.05) is 6.42 Å². The van der Waals surface area contributed by atoms with E-state index in [-0.39, 0.29) is 24.3 Å². The molecule has 0 aromatic heterocycles. The van der Waals surface area contributed by atoms with Crippen LogP contribution >= 0.6 is 0 Å². The average Bonchev–Trinajstić information content (AvgIpc) is 2.47. The fraction of sp³-hybridized carbons (Fsp3) is 0.375. The van der Waals surface area contributed by atoms with E-state index in [1.54, 1.807) is 19.1 Å². The van der Waals surface area contributed by atoms with Crippen molar-refractivity contribution in [2.24, 2.45) is 0 Å². The Bertz CT molecular complexity index is 694. The van der Waals surface area contributed by atoms with Gasteiger partial charge in [0.15, 0.2) is 0 Å². The van der Waals surface area contributed by atoms with Gasteiger partial charge in [0.05, 0.1) is 24.1 Å². The number of hydrogen-bond acceptors (Lipinski definition) is 5. The van der Waals surface area contributed by atoms with Crippen LogP contribution in [0.3, 0.4) is 0 Å². The molecule has 0 fully saturated rings. The highest BCUT2D eigenvalue weighted by atomic mass is 32.2. The number of amides is 1. The molecule has 0 saturated heterocycles. The standard InChI is InChI=1S/C16H21NO5S/c1-4-6-7-11-15(18)17(23(3,20)21)14-10-8-9-13(12-14)16(19)22-5-2/h6-10,12H,4-5,11H2,1-3H3/b7-6+. The summed E-state index contributed by atoms with van der Waals surface area (Å²) in [5.74, 6) is -1.15. The number of ether oxygens (including phenoxy) is 1. The fourth-order valence-corrected chi connectivity index (χ4v) is 2.87. The molecule has 0 aliphatic carbocycles. The first-order valence-electron chi connectivity index (χ1n) is 7.26. The second-order valence-electron chi connectivity index (χ2n) is 4.78. The average molecular weight is 339 g/mol. The summed E-state index contributed by atoms with van der Waals surface area (Å²) in [6, 6.07) is 5.81. The summed E-state index contributed by atoms with van der Waals surface area (Å²) < 4.78 is 29.5. The number of esters is 1. The van der Waals surface area contributed by atoms with Crippen LogP contribution in [0.4, 0.5) is 5.69 Å². The molecule has 0 bridgehead atoms. The van der Waals surface area contributed by atoms with E-state index in [1.165, 1.54) is 24.3 Å². The minimum atomic E-state index is -3.81. The lowest BCUT2D eigenvalue weighted by Gasteiger charge is -2.20. The van der Waals surface area contributed by atoms with Crippen molar-refractivity contribution in [3.8, 4) is 0 Å². The molecule has 0 saturated carbocycles. The predicted molar refractivity (Wildman–Crippen MR) is 88.8 cm³/mol. The third-order valence-electron chi connectivity index (χ3n) is 2.84. The van der Waals surface area contributed by atoms with E-state index in [4.69, 9.17) is 4.74 Å². The first kappa shape index (κ1) is 18.9. The molecule has 1 amide bonds. The summed E-state index contributed by atoms with van der Waals surface area (Å²) in [5, 5.41) is 0. The molecule has 1 aromatic carbocycles. The molecule has 0 radical (unpaired) electrons. The molecule has 0 aliphatic heterocycles. The lowest BCUT2D eigenvalue weighted by Crippen LogP contribution is -2.35. The molecule has 0 N–H and O–H groups in total. The van der Waals surface area contributed by atoms with Crippen molar-refractivity contribution < 1.29 is 22.7 Å². The quantitative estimate of drug-likeness (QED) is 0.563. The van der Waals surface area contributed by atoms with Crippen LogP contribution in [0.15, 0.2) is 36.4 Å². The molecular weight excluding hydrogens is 318 g/mol. The maximum absolute atomic E-state index is 12.3. The smallest absolute Gasteiger partial charge is 0.338 e. The second kappa shape index (κ2) is 8.47. The Balaban J connectivity index is 3.19. The molecule has 1 rings (SSSR count). The number of rotatable bonds is 7. The topological polar surface area (TPSA) is 80.8 Å². The van der Waals surface area contributed by atoms with Gasteiger partial charge in [-0.2, -0.15) is 0 Å². The highest BCUT2D eigenvalue weighted by Gasteiger charge is 2.25. The van der Waals surface area contributed by atoms with Crippen LogP contribution in [0, 0.1) is 0 Å². The van der Waals surface area contributed by atoms with Gasteiger partial charge in [-0.1, -0.05) is 25.1 Å². The van der Waals surface area contributed by atoms with Crippen LogP contribution in [0.25, 0.3) is 0 Å². The molecule has 0 heterocycles. The van der Waals surface area contributed by atoms with Crippen LogP contribution in [0.2, 0.25) is 0 Å². The van der Waals surface area contributed by atoms with Crippen LogP contribution in [-0.2, 0) is 19.6 Å². The van der Waals surface area contributed by atoms with Gasteiger partial charge in [0.1, 0.15) is 0 Å². The van der Waals surface area contributed by atoms with Crippen molar-refractivity contribution in [2.45, 2.75) is 26.7 Å². The number of carbonyl (C=O) groups excluding carboxylic acids is 2. The Morgan fingerprint density at radius 3 is 2.48 bits per heavy atom. The molecule has 0 atom stereocenters. The number of anilines is 1. The summed E-state index contributed by atoms with van der Waals surface area (Å²) in [7, 11) is -3.81. The summed E-state index contributed by atoms with van der Waals surface area (Å²) in [6.45, 7) is 3.80. The zero-order valence-corrected chi connectivity index (χ0v) is 14.3. The van der Waals surface area contributed by atoms with Crippen molar-refractivity contribution in [2.75, 3.05) is 17.2 Å². The lowest BCUT2D eigenvalue weighted by molar-refractivity contribution is -0.116. The minimum absolute atomic E-state index is 0.0372. The molecule has 0 spiro atoms. The maximum Gasteiger partial charge on any atom is 0.338 e. The van der Waals surface area contributed by atoms with E-state index >= 15 is 0 Å². The molecule has 6 nitrogen and oxygen atoms in total. The van der Waals surface area contributed by atoms with E-state index in [0.29, 0.717) is 4.31 Å². The Morgan fingerprint density at radius 1 is 1.22 bits per heavy atom. The van der Waals surface area contributed by atoms with E-state index < -0.39 is 21.9 Å². The van der Waals surface area contributed by atoms with Crippen molar-refractivity contribution in [1.29, 1.82) is 0 Å². The zero-order valence-electron chi connectivity index (χ0n) is 13.5. The number of benzene rings is 1.